The molecule has 0 aromatic carbocycles. The number of rotatable bonds is 0. The molecule has 0 unspecified atom stereocenters. The first-order valence-corrected chi connectivity index (χ1v) is 2.58. The Labute approximate surface area is 71.1 Å². The molecular weight excluding hydrogens is 192 g/mol. The molecule has 9 heavy (non-hydrogen) atoms. The topological polar surface area (TPSA) is 25.2 Å². The van der Waals surface area contributed by atoms with Gasteiger partial charge in [-0.3, -0.25) is 0 Å². The molecule has 48 valence electrons. The van der Waals surface area contributed by atoms with Crippen LogP contribution in [0.3, 0.4) is 0 Å². The fourth-order valence-corrected chi connectivity index (χ4v) is 0.558. The zero-order chi connectivity index (χ0) is 5.98. The van der Waals surface area contributed by atoms with E-state index in [-0.39, 0.29) is 19.8 Å². The van der Waals surface area contributed by atoms with Crippen LogP contribution in [0.2, 0.25) is 0 Å². The molecule has 1 rings (SSSR count). The minimum absolute atomic E-state index is 0. The number of pyridine rings is 1. The van der Waals surface area contributed by atoms with E-state index in [1.807, 2.05) is 0 Å². The van der Waals surface area contributed by atoms with Gasteiger partial charge in [0.1, 0.15) is 4.64 Å². The van der Waals surface area contributed by atoms with Crippen LogP contribution >= 0.6 is 12.2 Å². The fraction of sp³-hybridized carbons (Fsp3) is 0. The first-order valence-electron chi connectivity index (χ1n) is 2.17. The maximum atomic E-state index is 8.73. The Hall–Kier alpha value is -0.194. The molecule has 0 atom stereocenters. The third kappa shape index (κ3) is 2.25. The van der Waals surface area contributed by atoms with Gasteiger partial charge < -0.3 is 5.21 Å². The fourth-order valence-electron chi connectivity index (χ4n) is 0.419. The summed E-state index contributed by atoms with van der Waals surface area (Å²) < 4.78 is 1.32. The summed E-state index contributed by atoms with van der Waals surface area (Å²) in [5.41, 5.74) is 0. The molecule has 0 saturated heterocycles. The van der Waals surface area contributed by atoms with Crippen LogP contribution in [0.4, 0.5) is 0 Å². The summed E-state index contributed by atoms with van der Waals surface area (Å²) in [6.45, 7) is 0. The average molecular weight is 200 g/mol. The Balaban J connectivity index is 0.000000640. The van der Waals surface area contributed by atoms with Crippen molar-refractivity contribution in [1.82, 2.24) is 4.73 Å². The van der Waals surface area contributed by atoms with Crippen LogP contribution in [-0.2, 0) is 0 Å². The van der Waals surface area contributed by atoms with Crippen LogP contribution in [0.5, 0.6) is 0 Å². The Kier molecular flexibility index (Phi) is 3.68. The van der Waals surface area contributed by atoms with Gasteiger partial charge in [-0.15, -0.1) is 0 Å². The summed E-state index contributed by atoms with van der Waals surface area (Å²) in [5.74, 6) is 0. The molecule has 0 aliphatic rings. The van der Waals surface area contributed by atoms with Crippen LogP contribution in [0.25, 0.3) is 0 Å². The van der Waals surface area contributed by atoms with Gasteiger partial charge in [-0.05, 0) is 12.1 Å². The second kappa shape index (κ2) is 3.76. The number of aromatic nitrogens is 1. The molecule has 0 radical (unpaired) electrons. The molecule has 0 spiro atoms. The summed E-state index contributed by atoms with van der Waals surface area (Å²) in [7, 11) is 0. The Morgan fingerprint density at radius 1 is 1.44 bits per heavy atom. The van der Waals surface area contributed by atoms with Crippen molar-refractivity contribution < 1.29 is 5.21 Å². The summed E-state index contributed by atoms with van der Waals surface area (Å²) in [6.07, 6.45) is 1.49. The number of hydrogen-bond acceptors (Lipinski definition) is 2. The second-order valence-corrected chi connectivity index (χ2v) is 1.80. The molecule has 2 nitrogen and oxygen atoms in total. The zero-order valence-corrected chi connectivity index (χ0v) is 4.93. The number of nitrogens with zero attached hydrogens (tertiary/aromatic N) is 1. The predicted molar refractivity (Wildman–Crippen MR) is 42.4 cm³/mol. The van der Waals surface area contributed by atoms with Crippen LogP contribution in [0.15, 0.2) is 24.4 Å². The molecule has 1 aromatic rings. The van der Waals surface area contributed by atoms with Crippen molar-refractivity contribution in [2.24, 2.45) is 0 Å². The van der Waals surface area contributed by atoms with Gasteiger partial charge in [-0.1, -0.05) is 18.3 Å². The van der Waals surface area contributed by atoms with E-state index < -0.39 is 0 Å². The van der Waals surface area contributed by atoms with E-state index in [1.54, 1.807) is 18.2 Å². The second-order valence-electron chi connectivity index (χ2n) is 1.38. The molecule has 1 N–H and O–H groups in total. The molecule has 4 heteroatoms. The molecule has 0 aliphatic heterocycles. The molecule has 0 fully saturated rings. The van der Waals surface area contributed by atoms with Gasteiger partial charge in [0, 0.05) is 6.20 Å². The first-order chi connectivity index (χ1) is 3.80. The maximum absolute atomic E-state index is 8.73. The molecule has 0 aliphatic carbocycles. The molecule has 1 heterocycles. The molecular formula is C5H8GaNOS. The van der Waals surface area contributed by atoms with Gasteiger partial charge in [0.2, 0.25) is 0 Å². The van der Waals surface area contributed by atoms with Crippen LogP contribution in [0, 0.1) is 4.64 Å². The number of hydrogen-bond donors (Lipinski definition) is 1. The zero-order valence-electron chi connectivity index (χ0n) is 4.11. The van der Waals surface area contributed by atoms with E-state index in [0.29, 0.717) is 4.64 Å². The van der Waals surface area contributed by atoms with Crippen molar-refractivity contribution in [2.45, 2.75) is 0 Å². The summed E-state index contributed by atoms with van der Waals surface area (Å²) in [4.78, 5) is 0. The standard InChI is InChI=1S/C5H5NOS.Ga.3H/c7-6-4-2-1-3-5(6)8;;;;/h1-4,7H;;;;. The van der Waals surface area contributed by atoms with E-state index in [4.69, 9.17) is 5.21 Å². The van der Waals surface area contributed by atoms with Gasteiger partial charge in [0.15, 0.2) is 0 Å². The van der Waals surface area contributed by atoms with Crippen LogP contribution < -0.4 is 0 Å². The van der Waals surface area contributed by atoms with Crippen molar-refractivity contribution in [3.05, 3.63) is 29.0 Å². The Morgan fingerprint density at radius 3 is 2.44 bits per heavy atom. The quantitative estimate of drug-likeness (QED) is 0.369. The van der Waals surface area contributed by atoms with Gasteiger partial charge in [-0.2, -0.15) is 4.73 Å². The normalized spacial score (nSPS) is 8.00. The third-order valence-electron chi connectivity index (χ3n) is 0.803. The van der Waals surface area contributed by atoms with Crippen molar-refractivity contribution >= 4 is 32.0 Å². The van der Waals surface area contributed by atoms with Crippen LogP contribution in [0.1, 0.15) is 0 Å². The van der Waals surface area contributed by atoms with Gasteiger partial charge in [-0.25, -0.2) is 0 Å². The van der Waals surface area contributed by atoms with E-state index in [2.05, 4.69) is 12.2 Å². The van der Waals surface area contributed by atoms with Crippen molar-refractivity contribution in [3.63, 3.8) is 0 Å². The van der Waals surface area contributed by atoms with Crippen LogP contribution in [-0.4, -0.2) is 29.7 Å². The van der Waals surface area contributed by atoms with Crippen molar-refractivity contribution in [2.75, 3.05) is 0 Å². The predicted octanol–water partition coefficient (Wildman–Crippen LogP) is 0.271. The van der Waals surface area contributed by atoms with E-state index in [9.17, 15) is 0 Å². The Morgan fingerprint density at radius 2 is 2.11 bits per heavy atom. The van der Waals surface area contributed by atoms with E-state index in [1.165, 1.54) is 6.20 Å². The average Bonchev–Trinajstić information content (AvgIpc) is 1.77. The van der Waals surface area contributed by atoms with Crippen molar-refractivity contribution in [1.29, 1.82) is 0 Å². The first kappa shape index (κ1) is 8.81. The summed E-state index contributed by atoms with van der Waals surface area (Å²) in [6, 6.07) is 5.13. The van der Waals surface area contributed by atoms with Gasteiger partial charge in [0.25, 0.3) is 0 Å². The minimum atomic E-state index is 0. The monoisotopic (exact) mass is 199 g/mol. The summed E-state index contributed by atoms with van der Waals surface area (Å²) >= 11 is 4.67. The molecule has 1 aromatic heterocycles. The van der Waals surface area contributed by atoms with E-state index in [0.717, 1.165) is 4.73 Å². The third-order valence-corrected chi connectivity index (χ3v) is 1.13. The Bertz CT molecular complexity index is 234. The van der Waals surface area contributed by atoms with Gasteiger partial charge >= 0.3 is 19.8 Å². The summed E-state index contributed by atoms with van der Waals surface area (Å²) in [5, 5.41) is 8.73. The molecule has 0 saturated carbocycles. The van der Waals surface area contributed by atoms with Crippen molar-refractivity contribution in [3.8, 4) is 0 Å². The van der Waals surface area contributed by atoms with Gasteiger partial charge in [0.05, 0.1) is 0 Å². The molecule has 0 bridgehead atoms. The SMILES string of the molecule is On1ccccc1=S.[GaH3]. The molecule has 0 amide bonds. The van der Waals surface area contributed by atoms with E-state index >= 15 is 0 Å².